The maximum Gasteiger partial charge on any atom is 0.261 e. The molecule has 0 amide bonds. The summed E-state index contributed by atoms with van der Waals surface area (Å²) in [6.45, 7) is 7.59. The highest BCUT2D eigenvalue weighted by atomic mass is 32.2. The Labute approximate surface area is 218 Å². The molecule has 0 bridgehead atoms. The van der Waals surface area contributed by atoms with Crippen LogP contribution in [0.25, 0.3) is 0 Å². The summed E-state index contributed by atoms with van der Waals surface area (Å²) < 4.78 is 34.9. The second-order valence-corrected chi connectivity index (χ2v) is 11.2. The quantitative estimate of drug-likeness (QED) is 0.328. The average Bonchev–Trinajstić information content (AvgIpc) is 2.88. The first-order chi connectivity index (χ1) is 17.6. The first kappa shape index (κ1) is 26.6. The van der Waals surface area contributed by atoms with E-state index >= 15 is 0 Å². The molecule has 3 aromatic rings. The van der Waals surface area contributed by atoms with Crippen molar-refractivity contribution in [3.05, 3.63) is 89.0 Å². The minimum absolute atomic E-state index is 0.0536. The molecule has 0 saturated carbocycles. The Bertz CT molecular complexity index is 1410. The minimum Gasteiger partial charge on any atom is -0.378 e. The van der Waals surface area contributed by atoms with Crippen molar-refractivity contribution in [3.8, 4) is 0 Å². The SMILES string of the molecule is CCO[C@H]1CC(c2ccc(C(=O)C(C)C)cc2)Nc2ccc(S(=O)(=O)Nc3cccc(C(C)=O)c3)cc21. The van der Waals surface area contributed by atoms with Crippen LogP contribution in [0.15, 0.2) is 71.6 Å². The van der Waals surface area contributed by atoms with Crippen molar-refractivity contribution in [2.45, 2.75) is 51.2 Å². The number of benzene rings is 3. The third-order valence-electron chi connectivity index (χ3n) is 6.47. The van der Waals surface area contributed by atoms with Gasteiger partial charge in [-0.1, -0.05) is 50.2 Å². The molecule has 1 aliphatic heterocycles. The molecule has 0 aromatic heterocycles. The first-order valence-corrected chi connectivity index (χ1v) is 13.9. The lowest BCUT2D eigenvalue weighted by molar-refractivity contribution is 0.0497. The summed E-state index contributed by atoms with van der Waals surface area (Å²) >= 11 is 0. The van der Waals surface area contributed by atoms with Crippen LogP contribution in [-0.4, -0.2) is 26.6 Å². The van der Waals surface area contributed by atoms with Gasteiger partial charge in [0.25, 0.3) is 10.0 Å². The maximum atomic E-state index is 13.2. The van der Waals surface area contributed by atoms with Gasteiger partial charge in [0, 0.05) is 47.0 Å². The van der Waals surface area contributed by atoms with Gasteiger partial charge in [0.1, 0.15) is 0 Å². The Morgan fingerprint density at radius 3 is 2.41 bits per heavy atom. The molecule has 37 heavy (non-hydrogen) atoms. The summed E-state index contributed by atoms with van der Waals surface area (Å²) in [5.41, 5.74) is 4.04. The summed E-state index contributed by atoms with van der Waals surface area (Å²) in [6.07, 6.45) is 0.301. The Morgan fingerprint density at radius 1 is 1.03 bits per heavy atom. The van der Waals surface area contributed by atoms with E-state index in [9.17, 15) is 18.0 Å². The van der Waals surface area contributed by atoms with Crippen molar-refractivity contribution >= 4 is 33.0 Å². The van der Waals surface area contributed by atoms with Gasteiger partial charge in [0.05, 0.1) is 17.0 Å². The summed E-state index contributed by atoms with van der Waals surface area (Å²) in [5, 5.41) is 3.50. The number of carbonyl (C=O) groups is 2. The van der Waals surface area contributed by atoms with Gasteiger partial charge >= 0.3 is 0 Å². The molecule has 1 unspecified atom stereocenters. The van der Waals surface area contributed by atoms with Crippen molar-refractivity contribution in [3.63, 3.8) is 0 Å². The topological polar surface area (TPSA) is 102 Å². The number of hydrogen-bond acceptors (Lipinski definition) is 6. The van der Waals surface area contributed by atoms with E-state index in [1.54, 1.807) is 36.4 Å². The fourth-order valence-electron chi connectivity index (χ4n) is 4.50. The molecule has 0 saturated heterocycles. The molecule has 0 spiro atoms. The number of ether oxygens (including phenoxy) is 1. The molecule has 194 valence electrons. The van der Waals surface area contributed by atoms with Crippen molar-refractivity contribution in [2.75, 3.05) is 16.6 Å². The van der Waals surface area contributed by atoms with E-state index in [1.165, 1.54) is 13.0 Å². The number of sulfonamides is 1. The third kappa shape index (κ3) is 5.92. The smallest absolute Gasteiger partial charge is 0.261 e. The van der Waals surface area contributed by atoms with Gasteiger partial charge in [-0.3, -0.25) is 14.3 Å². The highest BCUT2D eigenvalue weighted by molar-refractivity contribution is 7.92. The van der Waals surface area contributed by atoms with Crippen LogP contribution in [0.1, 0.15) is 78.1 Å². The van der Waals surface area contributed by atoms with Crippen molar-refractivity contribution in [1.82, 2.24) is 0 Å². The van der Waals surface area contributed by atoms with E-state index in [1.807, 2.05) is 45.0 Å². The van der Waals surface area contributed by atoms with Gasteiger partial charge in [0.2, 0.25) is 0 Å². The fraction of sp³-hybridized carbons (Fsp3) is 0.310. The average molecular weight is 521 g/mol. The van der Waals surface area contributed by atoms with Crippen LogP contribution in [-0.2, 0) is 14.8 Å². The molecular formula is C29H32N2O5S. The number of ketones is 2. The molecular weight excluding hydrogens is 488 g/mol. The Balaban J connectivity index is 1.60. The zero-order chi connectivity index (χ0) is 26.7. The Morgan fingerprint density at radius 2 is 1.76 bits per heavy atom. The molecule has 0 aliphatic carbocycles. The van der Waals surface area contributed by atoms with E-state index in [-0.39, 0.29) is 34.5 Å². The predicted octanol–water partition coefficient (Wildman–Crippen LogP) is 6.16. The number of anilines is 2. The van der Waals surface area contributed by atoms with Crippen molar-refractivity contribution in [1.29, 1.82) is 0 Å². The number of carbonyl (C=O) groups excluding carboxylic acids is 2. The van der Waals surface area contributed by atoms with Crippen molar-refractivity contribution in [2.24, 2.45) is 5.92 Å². The van der Waals surface area contributed by atoms with Crippen LogP contribution in [0.5, 0.6) is 0 Å². The minimum atomic E-state index is -3.89. The summed E-state index contributed by atoms with van der Waals surface area (Å²) in [6, 6.07) is 18.9. The van der Waals surface area contributed by atoms with Crippen LogP contribution >= 0.6 is 0 Å². The molecule has 8 heteroatoms. The highest BCUT2D eigenvalue weighted by Gasteiger charge is 2.30. The molecule has 1 heterocycles. The monoisotopic (exact) mass is 520 g/mol. The highest BCUT2D eigenvalue weighted by Crippen LogP contribution is 2.42. The number of Topliss-reactive ketones (excluding diaryl/α,β-unsaturated/α-hetero) is 2. The zero-order valence-corrected chi connectivity index (χ0v) is 22.3. The van der Waals surface area contributed by atoms with Crippen LogP contribution < -0.4 is 10.0 Å². The van der Waals surface area contributed by atoms with Gasteiger partial charge < -0.3 is 10.1 Å². The molecule has 0 fully saturated rings. The van der Waals surface area contributed by atoms with E-state index in [0.29, 0.717) is 29.8 Å². The molecule has 0 radical (unpaired) electrons. The standard InChI is InChI=1S/C29H32N2O5S/c1-5-36-28-17-27(20-9-11-21(12-10-20)29(33)18(2)3)30-26-14-13-24(16-25(26)28)37(34,35)31-23-8-6-7-22(15-23)19(4)32/h6-16,18,27-28,30-31H,5,17H2,1-4H3/t27?,28-/m0/s1. The van der Waals surface area contributed by atoms with Gasteiger partial charge in [-0.15, -0.1) is 0 Å². The van der Waals surface area contributed by atoms with Crippen LogP contribution in [0, 0.1) is 5.92 Å². The Hall–Kier alpha value is -3.49. The maximum absolute atomic E-state index is 13.2. The van der Waals surface area contributed by atoms with E-state index < -0.39 is 10.0 Å². The zero-order valence-electron chi connectivity index (χ0n) is 21.4. The summed E-state index contributed by atoms with van der Waals surface area (Å²) in [5.74, 6) is -0.0989. The largest absolute Gasteiger partial charge is 0.378 e. The molecule has 3 aromatic carbocycles. The van der Waals surface area contributed by atoms with E-state index in [2.05, 4.69) is 10.0 Å². The van der Waals surface area contributed by atoms with E-state index in [0.717, 1.165) is 16.8 Å². The third-order valence-corrected chi connectivity index (χ3v) is 7.85. The first-order valence-electron chi connectivity index (χ1n) is 12.4. The van der Waals surface area contributed by atoms with Gasteiger partial charge in [0.15, 0.2) is 11.6 Å². The second kappa shape index (κ2) is 10.9. The lowest BCUT2D eigenvalue weighted by Gasteiger charge is -2.33. The number of fused-ring (bicyclic) bond motifs is 1. The normalized spacial score (nSPS) is 17.1. The Kier molecular flexibility index (Phi) is 7.80. The fourth-order valence-corrected chi connectivity index (χ4v) is 5.59. The number of hydrogen-bond donors (Lipinski definition) is 2. The van der Waals surface area contributed by atoms with Crippen molar-refractivity contribution < 1.29 is 22.7 Å². The van der Waals surface area contributed by atoms with Crippen LogP contribution in [0.2, 0.25) is 0 Å². The lowest BCUT2D eigenvalue weighted by Crippen LogP contribution is -2.24. The molecule has 2 N–H and O–H groups in total. The summed E-state index contributed by atoms with van der Waals surface area (Å²) in [7, 11) is -3.89. The van der Waals surface area contributed by atoms with Gasteiger partial charge in [-0.05, 0) is 49.7 Å². The second-order valence-electron chi connectivity index (χ2n) is 9.51. The van der Waals surface area contributed by atoms with Crippen LogP contribution in [0.4, 0.5) is 11.4 Å². The summed E-state index contributed by atoms with van der Waals surface area (Å²) in [4.78, 5) is 24.1. The lowest BCUT2D eigenvalue weighted by atomic mass is 9.90. The van der Waals surface area contributed by atoms with E-state index in [4.69, 9.17) is 4.74 Å². The molecule has 1 aliphatic rings. The van der Waals surface area contributed by atoms with Gasteiger partial charge in [-0.25, -0.2) is 8.42 Å². The predicted molar refractivity (Wildman–Crippen MR) is 145 cm³/mol. The number of nitrogens with one attached hydrogen (secondary N) is 2. The molecule has 2 atom stereocenters. The van der Waals surface area contributed by atoms with Crippen LogP contribution in [0.3, 0.4) is 0 Å². The number of rotatable bonds is 9. The molecule has 4 rings (SSSR count). The van der Waals surface area contributed by atoms with Gasteiger partial charge in [-0.2, -0.15) is 0 Å². The molecule has 7 nitrogen and oxygen atoms in total.